The highest BCUT2D eigenvalue weighted by Gasteiger charge is 2.55. The molecule has 3 N–H and O–H groups in total. The monoisotopic (exact) mass is 453 g/mol. The molecule has 0 spiro atoms. The van der Waals surface area contributed by atoms with Gasteiger partial charge < -0.3 is 14.6 Å². The molecular formula is C27H27N5O2. The van der Waals surface area contributed by atoms with E-state index in [1.807, 2.05) is 53.6 Å². The van der Waals surface area contributed by atoms with Gasteiger partial charge in [0.15, 0.2) is 0 Å². The van der Waals surface area contributed by atoms with Crippen LogP contribution in [0.4, 0.5) is 0 Å². The molecule has 0 saturated carbocycles. The van der Waals surface area contributed by atoms with Crippen LogP contribution in [0.1, 0.15) is 28.9 Å². The Hall–Kier alpha value is -3.68. The lowest BCUT2D eigenvalue weighted by molar-refractivity contribution is -0.130. The zero-order chi connectivity index (χ0) is 23.1. The van der Waals surface area contributed by atoms with Gasteiger partial charge in [-0.25, -0.2) is 10.9 Å². The molecule has 1 amide bonds. The Morgan fingerprint density at radius 2 is 1.79 bits per heavy atom. The molecule has 7 nitrogen and oxygen atoms in total. The number of fused-ring (bicyclic) bond motifs is 2. The molecule has 2 aliphatic heterocycles. The number of nitrogens with zero attached hydrogens (tertiary/aromatic N) is 2. The normalized spacial score (nSPS) is 24.0. The van der Waals surface area contributed by atoms with Crippen LogP contribution in [-0.4, -0.2) is 40.5 Å². The topological polar surface area (TPSA) is 82.3 Å². The summed E-state index contributed by atoms with van der Waals surface area (Å²) in [6, 6.07) is 22.2. The minimum absolute atomic E-state index is 0.0332. The number of aromatic nitrogens is 2. The Kier molecular flexibility index (Phi) is 5.28. The second-order valence-corrected chi connectivity index (χ2v) is 8.99. The minimum atomic E-state index is -0.276. The summed E-state index contributed by atoms with van der Waals surface area (Å²) in [6.07, 6.45) is 4.41. The fourth-order valence-corrected chi connectivity index (χ4v) is 5.52. The minimum Gasteiger partial charge on any atom is -0.497 e. The maximum atomic E-state index is 13.6. The van der Waals surface area contributed by atoms with E-state index in [1.165, 1.54) is 5.56 Å². The van der Waals surface area contributed by atoms with E-state index >= 15 is 0 Å². The van der Waals surface area contributed by atoms with Crippen LogP contribution < -0.4 is 15.6 Å². The number of pyridine rings is 1. The van der Waals surface area contributed by atoms with Crippen molar-refractivity contribution in [1.29, 1.82) is 0 Å². The number of hydrogen-bond donors (Lipinski definition) is 3. The number of methoxy groups -OCH3 is 1. The first-order chi connectivity index (χ1) is 16.7. The van der Waals surface area contributed by atoms with Crippen molar-refractivity contribution >= 4 is 16.8 Å². The summed E-state index contributed by atoms with van der Waals surface area (Å²) in [5, 5.41) is 1.11. The van der Waals surface area contributed by atoms with Crippen molar-refractivity contribution in [2.75, 3.05) is 13.7 Å². The second-order valence-electron chi connectivity index (χ2n) is 8.99. The molecule has 4 heterocycles. The average Bonchev–Trinajstić information content (AvgIpc) is 3.57. The number of hydrogen-bond acceptors (Lipinski definition) is 5. The van der Waals surface area contributed by atoms with Gasteiger partial charge in [0.2, 0.25) is 5.91 Å². The number of hydrazine groups is 1. The maximum absolute atomic E-state index is 13.6. The van der Waals surface area contributed by atoms with E-state index in [0.29, 0.717) is 6.54 Å². The van der Waals surface area contributed by atoms with Crippen molar-refractivity contribution in [3.05, 3.63) is 95.9 Å². The summed E-state index contributed by atoms with van der Waals surface area (Å²) in [4.78, 5) is 23.5. The largest absolute Gasteiger partial charge is 0.497 e. The number of aromatic amines is 1. The lowest BCUT2D eigenvalue weighted by Crippen LogP contribution is -2.42. The quantitative estimate of drug-likeness (QED) is 0.416. The zero-order valence-electron chi connectivity index (χ0n) is 18.9. The summed E-state index contributed by atoms with van der Waals surface area (Å²) in [7, 11) is 1.68. The van der Waals surface area contributed by atoms with Crippen LogP contribution in [0, 0.1) is 5.92 Å². The molecule has 2 fully saturated rings. The van der Waals surface area contributed by atoms with E-state index in [-0.39, 0.29) is 30.0 Å². The molecule has 34 heavy (non-hydrogen) atoms. The Labute approximate surface area is 198 Å². The van der Waals surface area contributed by atoms with Gasteiger partial charge in [0, 0.05) is 47.9 Å². The second kappa shape index (κ2) is 8.59. The van der Waals surface area contributed by atoms with Crippen molar-refractivity contribution in [3.8, 4) is 5.75 Å². The van der Waals surface area contributed by atoms with Gasteiger partial charge in [-0.05, 0) is 41.5 Å². The van der Waals surface area contributed by atoms with Crippen molar-refractivity contribution in [2.24, 2.45) is 5.92 Å². The SMILES string of the molecule is COc1ccc2[nH]c(CCN3C(=O)C4NNC(c5ccccc5)C4C3c3cccnc3)cc2c1. The van der Waals surface area contributed by atoms with Crippen LogP contribution in [0.25, 0.3) is 10.9 Å². The van der Waals surface area contributed by atoms with Gasteiger partial charge in [0.25, 0.3) is 0 Å². The van der Waals surface area contributed by atoms with Gasteiger partial charge in [-0.3, -0.25) is 9.78 Å². The van der Waals surface area contributed by atoms with Crippen molar-refractivity contribution in [1.82, 2.24) is 25.7 Å². The van der Waals surface area contributed by atoms with Gasteiger partial charge in [0.05, 0.1) is 19.2 Å². The molecule has 0 aliphatic carbocycles. The van der Waals surface area contributed by atoms with Gasteiger partial charge in [-0.15, -0.1) is 0 Å². The van der Waals surface area contributed by atoms with Gasteiger partial charge in [-0.1, -0.05) is 36.4 Å². The lowest BCUT2D eigenvalue weighted by atomic mass is 9.84. The first-order valence-electron chi connectivity index (χ1n) is 11.6. The van der Waals surface area contributed by atoms with E-state index < -0.39 is 0 Å². The van der Waals surface area contributed by atoms with Gasteiger partial charge >= 0.3 is 0 Å². The molecule has 4 aromatic rings. The number of rotatable bonds is 6. The molecule has 0 radical (unpaired) electrons. The molecule has 6 rings (SSSR count). The fourth-order valence-electron chi connectivity index (χ4n) is 5.52. The van der Waals surface area contributed by atoms with Gasteiger partial charge in [0.1, 0.15) is 11.8 Å². The number of H-pyrrole nitrogens is 1. The number of carbonyl (C=O) groups is 1. The zero-order valence-corrected chi connectivity index (χ0v) is 18.9. The number of carbonyl (C=O) groups excluding carboxylic acids is 1. The third kappa shape index (κ3) is 3.54. The fraction of sp³-hybridized carbons (Fsp3) is 0.259. The summed E-state index contributed by atoms with van der Waals surface area (Å²) in [5.41, 5.74) is 11.1. The van der Waals surface area contributed by atoms with E-state index in [9.17, 15) is 4.79 Å². The molecular weight excluding hydrogens is 426 g/mol. The highest BCUT2D eigenvalue weighted by molar-refractivity contribution is 5.86. The Balaban J connectivity index is 1.31. The van der Waals surface area contributed by atoms with Gasteiger partial charge in [-0.2, -0.15) is 0 Å². The smallest absolute Gasteiger partial charge is 0.242 e. The lowest BCUT2D eigenvalue weighted by Gasteiger charge is -2.31. The average molecular weight is 454 g/mol. The van der Waals surface area contributed by atoms with Crippen LogP contribution >= 0.6 is 0 Å². The molecule has 2 saturated heterocycles. The Bertz CT molecular complexity index is 1310. The summed E-state index contributed by atoms with van der Waals surface area (Å²) in [6.45, 7) is 0.624. The molecule has 2 aliphatic rings. The summed E-state index contributed by atoms with van der Waals surface area (Å²) < 4.78 is 5.35. The van der Waals surface area contributed by atoms with Crippen LogP contribution in [0.15, 0.2) is 79.1 Å². The third-order valence-electron chi connectivity index (χ3n) is 7.10. The van der Waals surface area contributed by atoms with Crippen LogP contribution in [0.5, 0.6) is 5.75 Å². The Morgan fingerprint density at radius 1 is 0.971 bits per heavy atom. The molecule has 2 aromatic heterocycles. The highest BCUT2D eigenvalue weighted by Crippen LogP contribution is 2.46. The molecule has 4 atom stereocenters. The van der Waals surface area contributed by atoms with Crippen LogP contribution in [0.2, 0.25) is 0 Å². The molecule has 4 unspecified atom stereocenters. The van der Waals surface area contributed by atoms with E-state index in [1.54, 1.807) is 13.3 Å². The summed E-state index contributed by atoms with van der Waals surface area (Å²) >= 11 is 0. The number of benzene rings is 2. The predicted molar refractivity (Wildman–Crippen MR) is 130 cm³/mol. The van der Waals surface area contributed by atoms with E-state index in [2.05, 4.69) is 45.1 Å². The van der Waals surface area contributed by atoms with Crippen molar-refractivity contribution < 1.29 is 9.53 Å². The van der Waals surface area contributed by atoms with Crippen LogP contribution in [-0.2, 0) is 11.2 Å². The summed E-state index contributed by atoms with van der Waals surface area (Å²) in [5.74, 6) is 1.02. The predicted octanol–water partition coefficient (Wildman–Crippen LogP) is 3.53. The number of likely N-dealkylation sites (tertiary alicyclic amines) is 1. The molecule has 172 valence electrons. The van der Waals surface area contributed by atoms with Crippen molar-refractivity contribution in [3.63, 3.8) is 0 Å². The first-order valence-corrected chi connectivity index (χ1v) is 11.6. The standard InChI is InChI=1S/C27H27N5O2/c1-34-21-9-10-22-19(15-21)14-20(29-22)11-13-32-26(18-8-5-12-28-16-18)23-24(17-6-3-2-4-7-17)30-31-25(23)27(32)33/h2-10,12,14-16,23-26,29-31H,11,13H2,1H3. The number of ether oxygens (including phenoxy) is 1. The number of amides is 1. The molecule has 2 aromatic carbocycles. The van der Waals surface area contributed by atoms with Crippen LogP contribution in [0.3, 0.4) is 0 Å². The van der Waals surface area contributed by atoms with Crippen molar-refractivity contribution in [2.45, 2.75) is 24.5 Å². The highest BCUT2D eigenvalue weighted by atomic mass is 16.5. The Morgan fingerprint density at radius 3 is 2.59 bits per heavy atom. The molecule has 7 heteroatoms. The van der Waals surface area contributed by atoms with E-state index in [0.717, 1.165) is 34.3 Å². The third-order valence-corrected chi connectivity index (χ3v) is 7.10. The number of nitrogens with one attached hydrogen (secondary N) is 3. The first kappa shape index (κ1) is 20.9. The maximum Gasteiger partial charge on any atom is 0.242 e. The van der Waals surface area contributed by atoms with E-state index in [4.69, 9.17) is 4.74 Å². The molecule has 0 bridgehead atoms.